The number of rotatable bonds is 3. The lowest BCUT2D eigenvalue weighted by Gasteiger charge is -2.35. The molecule has 20 heavy (non-hydrogen) atoms. The molecule has 1 fully saturated rings. The molecule has 0 amide bonds. The van der Waals surface area contributed by atoms with Gasteiger partial charge in [0.1, 0.15) is 5.54 Å². The van der Waals surface area contributed by atoms with Crippen LogP contribution in [0.4, 0.5) is 0 Å². The average Bonchev–Trinajstić information content (AvgIpc) is 2.42. The maximum Gasteiger partial charge on any atom is 0.325 e. The molecule has 1 saturated carbocycles. The van der Waals surface area contributed by atoms with Gasteiger partial charge in [-0.15, -0.1) is 11.8 Å². The predicted octanol–water partition coefficient (Wildman–Crippen LogP) is 3.21. The topological polar surface area (TPSA) is 52.3 Å². The first-order chi connectivity index (χ1) is 9.44. The average molecular weight is 293 g/mol. The molecular weight excluding hydrogens is 270 g/mol. The summed E-state index contributed by atoms with van der Waals surface area (Å²) < 4.78 is 4.85. The molecule has 0 bridgehead atoms. The van der Waals surface area contributed by atoms with Crippen LogP contribution < -0.4 is 5.73 Å². The van der Waals surface area contributed by atoms with Crippen LogP contribution >= 0.6 is 11.8 Å². The molecule has 1 aliphatic rings. The van der Waals surface area contributed by atoms with E-state index in [0.29, 0.717) is 11.7 Å². The van der Waals surface area contributed by atoms with Crippen molar-refractivity contribution in [1.82, 2.24) is 0 Å². The van der Waals surface area contributed by atoms with Crippen LogP contribution in [0.2, 0.25) is 0 Å². The Hall–Kier alpha value is -1.00. The van der Waals surface area contributed by atoms with Gasteiger partial charge in [0.05, 0.1) is 7.11 Å². The van der Waals surface area contributed by atoms with Crippen molar-refractivity contribution in [1.29, 1.82) is 0 Å². The van der Waals surface area contributed by atoms with E-state index in [1.807, 2.05) is 11.8 Å². The Bertz CT molecular complexity index is 503. The van der Waals surface area contributed by atoms with Crippen LogP contribution in [0.5, 0.6) is 0 Å². The number of methoxy groups -OCH3 is 1. The number of aryl methyl sites for hydroxylation is 2. The molecule has 2 N–H and O–H groups in total. The summed E-state index contributed by atoms with van der Waals surface area (Å²) in [6, 6.07) is 6.51. The standard InChI is InChI=1S/C16H23NO2S/c1-11-6-7-13(9-12(11)2)20-14-5-4-8-16(17,10-14)15(18)19-3/h6-7,9,14H,4-5,8,10,17H2,1-3H3. The summed E-state index contributed by atoms with van der Waals surface area (Å²) >= 11 is 1.83. The lowest BCUT2D eigenvalue weighted by Crippen LogP contribution is -2.52. The van der Waals surface area contributed by atoms with Gasteiger partial charge in [0.2, 0.25) is 0 Å². The van der Waals surface area contributed by atoms with Gasteiger partial charge in [0.15, 0.2) is 0 Å². The first-order valence-corrected chi connectivity index (χ1v) is 7.94. The van der Waals surface area contributed by atoms with Gasteiger partial charge in [-0.3, -0.25) is 4.79 Å². The number of carbonyl (C=O) groups excluding carboxylic acids is 1. The van der Waals surface area contributed by atoms with Crippen molar-refractivity contribution in [2.75, 3.05) is 7.11 Å². The van der Waals surface area contributed by atoms with E-state index < -0.39 is 5.54 Å². The number of thioether (sulfide) groups is 1. The molecule has 2 unspecified atom stereocenters. The maximum absolute atomic E-state index is 11.8. The highest BCUT2D eigenvalue weighted by atomic mass is 32.2. The first kappa shape index (κ1) is 15.4. The van der Waals surface area contributed by atoms with Gasteiger partial charge in [-0.1, -0.05) is 6.07 Å². The largest absolute Gasteiger partial charge is 0.468 e. The van der Waals surface area contributed by atoms with Gasteiger partial charge in [0.25, 0.3) is 0 Å². The maximum atomic E-state index is 11.8. The molecule has 0 saturated heterocycles. The van der Waals surface area contributed by atoms with Gasteiger partial charge in [-0.2, -0.15) is 0 Å². The van der Waals surface area contributed by atoms with Crippen LogP contribution in [0.25, 0.3) is 0 Å². The number of hydrogen-bond acceptors (Lipinski definition) is 4. The Balaban J connectivity index is 2.06. The van der Waals surface area contributed by atoms with Crippen LogP contribution in [-0.4, -0.2) is 23.9 Å². The molecule has 4 heteroatoms. The molecule has 3 nitrogen and oxygen atoms in total. The van der Waals surface area contributed by atoms with Gasteiger partial charge in [-0.25, -0.2) is 0 Å². The highest BCUT2D eigenvalue weighted by Gasteiger charge is 2.40. The minimum Gasteiger partial charge on any atom is -0.468 e. The monoisotopic (exact) mass is 293 g/mol. The summed E-state index contributed by atoms with van der Waals surface area (Å²) in [4.78, 5) is 13.1. The second kappa shape index (κ2) is 6.19. The molecular formula is C16H23NO2S. The molecule has 0 radical (unpaired) electrons. The molecule has 0 spiro atoms. The van der Waals surface area contributed by atoms with Crippen LogP contribution in [-0.2, 0) is 9.53 Å². The Labute approximate surface area is 125 Å². The van der Waals surface area contributed by atoms with E-state index in [2.05, 4.69) is 32.0 Å². The number of benzene rings is 1. The van der Waals surface area contributed by atoms with Crippen LogP contribution in [0.15, 0.2) is 23.1 Å². The zero-order valence-corrected chi connectivity index (χ0v) is 13.3. The summed E-state index contributed by atoms with van der Waals surface area (Å²) in [5.41, 5.74) is 8.03. The number of esters is 1. The van der Waals surface area contributed by atoms with E-state index >= 15 is 0 Å². The van der Waals surface area contributed by atoms with Gasteiger partial charge in [0, 0.05) is 10.1 Å². The number of carbonyl (C=O) groups is 1. The van der Waals surface area contributed by atoms with E-state index in [1.165, 1.54) is 23.1 Å². The van der Waals surface area contributed by atoms with Crippen LogP contribution in [0, 0.1) is 13.8 Å². The quantitative estimate of drug-likeness (QED) is 0.870. The molecule has 1 aromatic rings. The fraction of sp³-hybridized carbons (Fsp3) is 0.562. The Morgan fingerprint density at radius 2 is 2.15 bits per heavy atom. The highest BCUT2D eigenvalue weighted by molar-refractivity contribution is 8.00. The lowest BCUT2D eigenvalue weighted by atomic mass is 9.82. The second-order valence-electron chi connectivity index (χ2n) is 5.73. The van der Waals surface area contributed by atoms with Gasteiger partial charge < -0.3 is 10.5 Å². The van der Waals surface area contributed by atoms with E-state index in [1.54, 1.807) is 0 Å². The Morgan fingerprint density at radius 1 is 1.40 bits per heavy atom. The number of hydrogen-bond donors (Lipinski definition) is 1. The van der Waals surface area contributed by atoms with Gasteiger partial charge >= 0.3 is 5.97 Å². The fourth-order valence-electron chi connectivity index (χ4n) is 2.72. The number of ether oxygens (including phenoxy) is 1. The molecule has 0 aromatic heterocycles. The van der Waals surface area contributed by atoms with Crippen molar-refractivity contribution in [3.63, 3.8) is 0 Å². The summed E-state index contributed by atoms with van der Waals surface area (Å²) in [5.74, 6) is -0.275. The molecule has 2 rings (SSSR count). The Kier molecular flexibility index (Phi) is 4.76. The van der Waals surface area contributed by atoms with Crippen molar-refractivity contribution >= 4 is 17.7 Å². The minimum atomic E-state index is -0.801. The molecule has 0 aliphatic heterocycles. The number of nitrogens with two attached hydrogens (primary N) is 1. The summed E-state index contributed by atoms with van der Waals surface area (Å²) in [5, 5.41) is 0.384. The summed E-state index contributed by atoms with van der Waals surface area (Å²) in [6.45, 7) is 4.24. The van der Waals surface area contributed by atoms with Crippen LogP contribution in [0.3, 0.4) is 0 Å². The van der Waals surface area contributed by atoms with E-state index in [9.17, 15) is 4.79 Å². The zero-order chi connectivity index (χ0) is 14.8. The highest BCUT2D eigenvalue weighted by Crippen LogP contribution is 2.38. The summed E-state index contributed by atoms with van der Waals surface area (Å²) in [6.07, 6.45) is 3.50. The van der Waals surface area contributed by atoms with Crippen molar-refractivity contribution < 1.29 is 9.53 Å². The van der Waals surface area contributed by atoms with Crippen molar-refractivity contribution in [2.24, 2.45) is 5.73 Å². The predicted molar refractivity (Wildman–Crippen MR) is 83.0 cm³/mol. The minimum absolute atomic E-state index is 0.275. The third-order valence-corrected chi connectivity index (χ3v) is 5.38. The first-order valence-electron chi connectivity index (χ1n) is 7.06. The van der Waals surface area contributed by atoms with Crippen molar-refractivity contribution in [3.05, 3.63) is 29.3 Å². The smallest absolute Gasteiger partial charge is 0.325 e. The second-order valence-corrected chi connectivity index (χ2v) is 7.10. The fourth-order valence-corrected chi connectivity index (χ4v) is 4.17. The van der Waals surface area contributed by atoms with Crippen LogP contribution in [0.1, 0.15) is 36.8 Å². The third-order valence-electron chi connectivity index (χ3n) is 4.11. The lowest BCUT2D eigenvalue weighted by molar-refractivity contribution is -0.148. The van der Waals surface area contributed by atoms with E-state index in [0.717, 1.165) is 19.3 Å². The molecule has 1 aliphatic carbocycles. The molecule has 110 valence electrons. The molecule has 1 aromatic carbocycles. The molecule has 0 heterocycles. The van der Waals surface area contributed by atoms with Crippen molar-refractivity contribution in [3.8, 4) is 0 Å². The normalized spacial score (nSPS) is 26.3. The SMILES string of the molecule is COC(=O)C1(N)CCCC(Sc2ccc(C)c(C)c2)C1. The van der Waals surface area contributed by atoms with E-state index in [4.69, 9.17) is 10.5 Å². The zero-order valence-electron chi connectivity index (χ0n) is 12.4. The van der Waals surface area contributed by atoms with Crippen molar-refractivity contribution in [2.45, 2.75) is 55.2 Å². The third kappa shape index (κ3) is 3.36. The van der Waals surface area contributed by atoms with E-state index in [-0.39, 0.29) is 5.97 Å². The molecule has 2 atom stereocenters. The van der Waals surface area contributed by atoms with Gasteiger partial charge in [-0.05, 0) is 62.8 Å². The Morgan fingerprint density at radius 3 is 2.80 bits per heavy atom. The summed E-state index contributed by atoms with van der Waals surface area (Å²) in [7, 11) is 1.41.